The maximum atomic E-state index is 13.1. The summed E-state index contributed by atoms with van der Waals surface area (Å²) in [5, 5.41) is 26.3. The van der Waals surface area contributed by atoms with Gasteiger partial charge in [-0.2, -0.15) is 0 Å². The minimum Gasteiger partial charge on any atom is -0.481 e. The fraction of sp³-hybridized carbons (Fsp3) is 0.432. The first-order chi connectivity index (χ1) is 57.6. The van der Waals surface area contributed by atoms with Crippen molar-refractivity contribution in [2.45, 2.75) is 119 Å². The van der Waals surface area contributed by atoms with Crippen molar-refractivity contribution in [3.05, 3.63) is 173 Å². The summed E-state index contributed by atoms with van der Waals surface area (Å²) in [5.74, 6) is -0.965. The predicted molar refractivity (Wildman–Crippen MR) is 469 cm³/mol. The van der Waals surface area contributed by atoms with Crippen molar-refractivity contribution in [2.75, 3.05) is 139 Å². The van der Waals surface area contributed by atoms with Gasteiger partial charge >= 0.3 is 23.8 Å². The van der Waals surface area contributed by atoms with Crippen molar-refractivity contribution >= 4 is 143 Å². The first kappa shape index (κ1) is 104. The number of aromatic nitrogens is 7. The van der Waals surface area contributed by atoms with Gasteiger partial charge in [0.05, 0.1) is 50.5 Å². The van der Waals surface area contributed by atoms with Crippen molar-refractivity contribution in [3.63, 3.8) is 0 Å². The van der Waals surface area contributed by atoms with E-state index in [1.165, 1.54) is 111 Å². The molecule has 0 aliphatic carbocycles. The van der Waals surface area contributed by atoms with Gasteiger partial charge in [-0.25, -0.2) is 19.9 Å². The van der Waals surface area contributed by atoms with E-state index in [1.54, 1.807) is 55.4 Å². The van der Waals surface area contributed by atoms with Gasteiger partial charge in [0.1, 0.15) is 39.3 Å². The molecule has 0 unspecified atom stereocenters. The van der Waals surface area contributed by atoms with Gasteiger partial charge in [-0.15, -0.1) is 26.3 Å². The molecule has 0 saturated carbocycles. The summed E-state index contributed by atoms with van der Waals surface area (Å²) in [6.07, 6.45) is 18.6. The number of rotatable bonds is 21. The molecule has 5 fully saturated rings. The predicted octanol–water partition coefficient (Wildman–Crippen LogP) is 13.8. The van der Waals surface area contributed by atoms with Crippen LogP contribution < -0.4 is 55.6 Å². The van der Waals surface area contributed by atoms with Gasteiger partial charge in [-0.1, -0.05) is 0 Å². The summed E-state index contributed by atoms with van der Waals surface area (Å²) >= 11 is 20.9. The summed E-state index contributed by atoms with van der Waals surface area (Å²) < 4.78 is 103. The van der Waals surface area contributed by atoms with Gasteiger partial charge in [0.15, 0.2) is 0 Å². The van der Waals surface area contributed by atoms with E-state index in [-0.39, 0.29) is 43.6 Å². The number of benzene rings is 3. The number of pyridine rings is 3. The van der Waals surface area contributed by atoms with Crippen molar-refractivity contribution in [2.24, 2.45) is 0 Å². The van der Waals surface area contributed by atoms with Crippen LogP contribution in [-0.4, -0.2) is 262 Å². The molecule has 4 atom stereocenters. The van der Waals surface area contributed by atoms with Crippen LogP contribution in [0.5, 0.6) is 17.2 Å². The minimum absolute atomic E-state index is 0. The summed E-state index contributed by atoms with van der Waals surface area (Å²) in [4.78, 5) is 102. The van der Waals surface area contributed by atoms with Gasteiger partial charge in [0.2, 0.25) is 0 Å². The van der Waals surface area contributed by atoms with E-state index >= 15 is 0 Å². The van der Waals surface area contributed by atoms with Crippen LogP contribution in [0.1, 0.15) is 98.3 Å². The molecule has 8 aromatic rings. The molecule has 124 heavy (non-hydrogen) atoms. The number of carbonyl (C=O) groups is 5. The number of ether oxygens (including phenoxy) is 3. The zero-order chi connectivity index (χ0) is 90.9. The Labute approximate surface area is 762 Å². The second-order valence-corrected chi connectivity index (χ2v) is 33.2. The van der Waals surface area contributed by atoms with Crippen LogP contribution in [0.15, 0.2) is 156 Å². The van der Waals surface area contributed by atoms with Gasteiger partial charge in [-0.3, -0.25) is 38.9 Å². The molecule has 676 valence electrons. The zero-order valence-electron chi connectivity index (χ0n) is 70.4. The number of carboxylic acid groups (broad SMARTS) is 2. The van der Waals surface area contributed by atoms with Gasteiger partial charge in [0, 0.05) is 211 Å². The topological polar surface area (TPSA) is 333 Å². The van der Waals surface area contributed by atoms with Crippen LogP contribution in [0.2, 0.25) is 0 Å². The molecule has 5 aliphatic heterocycles. The van der Waals surface area contributed by atoms with Gasteiger partial charge in [-0.05, 0) is 239 Å². The SMILES string of the molecule is Brc1cnccn1.CC(=O)O.CC(=O)O.CN(C)[C@@H]1CCN(c2ncc(C(=O)Nc3ccc(OC(F)(F)Cl)cc3)cc2-c2cnccn2)C1.CN(C)[C@@H]1CCN(c2ncc(C(=O)Nc3ccc(OC(F)(F)Cl)cc3)cc2B2OC(C)(C)C(C)(C)O2)C1.CN(C)[C@@H]1CCN(c2ncc(C(=O)Nc3ccc(OC(F)(F)Cl)cc3)cc2Br)C1.CN(C)[C@@H]1CCNC1.[Pd]. The number of hydrogen-bond acceptors (Lipinski definition) is 25. The fourth-order valence-corrected chi connectivity index (χ4v) is 13.6. The molecule has 30 nitrogen and oxygen atoms in total. The maximum Gasteiger partial charge on any atom is 0.498 e. The number of amides is 3. The van der Waals surface area contributed by atoms with E-state index in [0.29, 0.717) is 68.6 Å². The van der Waals surface area contributed by atoms with E-state index in [2.05, 4.69) is 193 Å². The fourth-order valence-electron chi connectivity index (χ4n) is 12.5. The first-order valence-electron chi connectivity index (χ1n) is 38.3. The quantitative estimate of drug-likeness (QED) is 0.0221. The molecule has 3 amide bonds. The molecule has 43 heteroatoms. The van der Waals surface area contributed by atoms with Crippen molar-refractivity contribution < 1.29 is 104 Å². The molecule has 3 aromatic carbocycles. The maximum absolute atomic E-state index is 13.1. The minimum atomic E-state index is -3.82. The van der Waals surface area contributed by atoms with Gasteiger partial charge in [0.25, 0.3) is 29.7 Å². The monoisotopic (exact) mass is 2010 g/mol. The summed E-state index contributed by atoms with van der Waals surface area (Å²) in [7, 11) is 15.9. The van der Waals surface area contributed by atoms with Crippen molar-refractivity contribution in [3.8, 4) is 28.5 Å². The second kappa shape index (κ2) is 47.7. The molecular formula is C81H100BBr2Cl3F6N18O12Pd. The third-order valence-electron chi connectivity index (χ3n) is 19.6. The smallest absolute Gasteiger partial charge is 0.481 e. The third kappa shape index (κ3) is 34.2. The number of alkyl halides is 9. The van der Waals surface area contributed by atoms with Crippen LogP contribution in [0, 0.1) is 0 Å². The average molecular weight is 2020 g/mol. The van der Waals surface area contributed by atoms with E-state index in [4.69, 9.17) is 63.9 Å². The number of hydrogen-bond donors (Lipinski definition) is 6. The number of carboxylic acids is 2. The first-order valence-corrected chi connectivity index (χ1v) is 41.1. The van der Waals surface area contributed by atoms with Crippen LogP contribution in [0.4, 0.5) is 60.9 Å². The number of nitrogens with zero attached hydrogens (tertiary/aromatic N) is 14. The van der Waals surface area contributed by atoms with Crippen LogP contribution in [0.25, 0.3) is 11.3 Å². The summed E-state index contributed by atoms with van der Waals surface area (Å²) in [6, 6.07) is 23.6. The van der Waals surface area contributed by atoms with Gasteiger partial charge < -0.3 is 89.3 Å². The van der Waals surface area contributed by atoms with E-state index in [1.807, 2.05) is 27.7 Å². The Hall–Kier alpha value is -8.72. The molecule has 0 spiro atoms. The Morgan fingerprint density at radius 3 is 1.15 bits per heavy atom. The number of nitrogens with one attached hydrogen (secondary N) is 4. The van der Waals surface area contributed by atoms with Crippen molar-refractivity contribution in [1.29, 1.82) is 0 Å². The number of likely N-dealkylation sites (N-methyl/N-ethyl adjacent to an activating group) is 4. The Kier molecular flexibility index (Phi) is 40.1. The molecular weight excluding hydrogens is 1910 g/mol. The summed E-state index contributed by atoms with van der Waals surface area (Å²) in [5.41, 5.74) is -8.33. The third-order valence-corrected chi connectivity index (χ3v) is 20.9. The Bertz CT molecular complexity index is 4710. The van der Waals surface area contributed by atoms with E-state index in [9.17, 15) is 40.7 Å². The Morgan fingerprint density at radius 1 is 0.500 bits per heavy atom. The molecule has 5 aliphatic rings. The molecule has 5 aromatic heterocycles. The number of halogens is 11. The Morgan fingerprint density at radius 2 is 0.847 bits per heavy atom. The molecule has 0 radical (unpaired) electrons. The van der Waals surface area contributed by atoms with Crippen molar-refractivity contribution in [1.82, 2.24) is 59.8 Å². The van der Waals surface area contributed by atoms with Crippen LogP contribution in [-0.2, 0) is 39.3 Å². The molecule has 10 heterocycles. The molecule has 0 bridgehead atoms. The normalized spacial score (nSPS) is 17.4. The number of anilines is 6. The second-order valence-electron chi connectivity index (χ2n) is 30.3. The molecule has 6 N–H and O–H groups in total. The van der Waals surface area contributed by atoms with Crippen LogP contribution >= 0.6 is 66.7 Å². The van der Waals surface area contributed by atoms with Crippen LogP contribution in [0.3, 0.4) is 0 Å². The van der Waals surface area contributed by atoms with E-state index < -0.39 is 58.8 Å². The Balaban J connectivity index is 0.000000254. The van der Waals surface area contributed by atoms with E-state index in [0.717, 1.165) is 105 Å². The number of carbonyl (C=O) groups excluding carboxylic acids is 3. The number of aliphatic carboxylic acids is 2. The molecule has 13 rings (SSSR count). The molecule has 5 saturated heterocycles. The summed E-state index contributed by atoms with van der Waals surface area (Å²) in [6.45, 7) is 17.5. The largest absolute Gasteiger partial charge is 0.498 e. The standard InChI is InChI=1S/C25H32BClF2N4O4.C23H23ClF2N6O2.C19H20BrClF2N4O2.C6H14N2.C4H3BrN2.2C2H4O2.Pd/c1-23(2)24(3,4)37-26(36-23)20-13-16(14-30-21(20)33-12-11-18(15-33)32(5)6)22(34)31-17-7-9-19(10-8-17)35-25(27,28)29;1-31(2)17-7-10-32(14-17)21-19(20-13-27-8-9-28-20)11-15(12-29-21)22(33)30-16-3-5-18(6-4-16)34-23(24,25)26;1-26(2)14-7-8-27(11-14)17-16(20)9-12(10-24-17)18(28)25-13-3-5-15(6-4-13)29-19(21,22)23;1-8(2)6-3-4-7-5-6;5-4-3-6-1-2-7-4;2*1-2(3)4;/h7-10,13-14,18H,11-12,15H2,1-6H3,(H,31,34);3-6,8-9,11-13,17H,7,10,14H2,1-2H3,(H,30,33);3-6,9-10,14H,7-8,11H2,1-2H3,(H,25,28);6-7H,3-5H2,1-2H3;1-3H;2*1H3,(H,3,4);/t18-;17-;14-;6-;;;;/m1111..../s1. The average Bonchev–Trinajstić information content (AvgIpc) is 1.61. The zero-order valence-corrected chi connectivity index (χ0v) is 77.4.